The SMILES string of the molecule is O[C@@H]1C[C@H](COCc2ccccc2)[C@@H](OCc2ccccc2)[C@@H]1OCc1ccccc1. The molecular formula is C27H30O4. The van der Waals surface area contributed by atoms with Crippen LogP contribution in [0.5, 0.6) is 0 Å². The van der Waals surface area contributed by atoms with Crippen LogP contribution in [-0.4, -0.2) is 30.0 Å². The van der Waals surface area contributed by atoms with Gasteiger partial charge in [-0.05, 0) is 23.1 Å². The normalized spacial score (nSPS) is 23.1. The Kier molecular flexibility index (Phi) is 7.86. The molecule has 31 heavy (non-hydrogen) atoms. The summed E-state index contributed by atoms with van der Waals surface area (Å²) in [7, 11) is 0. The van der Waals surface area contributed by atoms with Gasteiger partial charge >= 0.3 is 0 Å². The van der Waals surface area contributed by atoms with Gasteiger partial charge in [0.1, 0.15) is 6.10 Å². The molecule has 0 saturated heterocycles. The van der Waals surface area contributed by atoms with Gasteiger partial charge in [-0.2, -0.15) is 0 Å². The summed E-state index contributed by atoms with van der Waals surface area (Å²) in [6.45, 7) is 2.01. The highest BCUT2D eigenvalue weighted by molar-refractivity contribution is 5.15. The molecule has 0 amide bonds. The van der Waals surface area contributed by atoms with Crippen molar-refractivity contribution in [3.05, 3.63) is 108 Å². The molecule has 4 rings (SSSR count). The van der Waals surface area contributed by atoms with Gasteiger partial charge in [0.25, 0.3) is 0 Å². The third-order valence-electron chi connectivity index (χ3n) is 5.73. The van der Waals surface area contributed by atoms with Crippen LogP contribution in [-0.2, 0) is 34.0 Å². The number of ether oxygens (including phenoxy) is 3. The van der Waals surface area contributed by atoms with Gasteiger partial charge in [-0.15, -0.1) is 0 Å². The molecule has 4 heteroatoms. The molecule has 0 bridgehead atoms. The minimum atomic E-state index is -0.574. The zero-order valence-corrected chi connectivity index (χ0v) is 17.7. The standard InChI is InChI=1S/C27H30O4/c28-25-16-24(20-29-17-21-10-4-1-5-11-21)26(30-18-22-12-6-2-7-13-22)27(25)31-19-23-14-8-3-9-15-23/h1-15,24-28H,16-20H2/t24-,25-,26-,27-/m1/s1. The lowest BCUT2D eigenvalue weighted by Gasteiger charge is -2.26. The third-order valence-corrected chi connectivity index (χ3v) is 5.73. The minimum absolute atomic E-state index is 0.0724. The molecular weight excluding hydrogens is 388 g/mol. The summed E-state index contributed by atoms with van der Waals surface area (Å²) in [6.07, 6.45) is -0.577. The van der Waals surface area contributed by atoms with Crippen LogP contribution in [0.4, 0.5) is 0 Å². The molecule has 0 heterocycles. The molecule has 0 unspecified atom stereocenters. The van der Waals surface area contributed by atoms with E-state index in [2.05, 4.69) is 12.1 Å². The Balaban J connectivity index is 1.39. The van der Waals surface area contributed by atoms with Crippen LogP contribution in [0.25, 0.3) is 0 Å². The van der Waals surface area contributed by atoms with E-state index in [0.29, 0.717) is 32.8 Å². The lowest BCUT2D eigenvalue weighted by molar-refractivity contribution is -0.116. The van der Waals surface area contributed by atoms with E-state index < -0.39 is 6.10 Å². The van der Waals surface area contributed by atoms with E-state index in [9.17, 15) is 5.11 Å². The van der Waals surface area contributed by atoms with Crippen molar-refractivity contribution in [3.8, 4) is 0 Å². The third kappa shape index (κ3) is 6.25. The van der Waals surface area contributed by atoms with Gasteiger partial charge in [0.05, 0.1) is 38.6 Å². The first kappa shape index (κ1) is 21.7. The average molecular weight is 419 g/mol. The van der Waals surface area contributed by atoms with Crippen LogP contribution in [0.2, 0.25) is 0 Å². The molecule has 4 atom stereocenters. The molecule has 1 saturated carbocycles. The van der Waals surface area contributed by atoms with E-state index in [1.807, 2.05) is 78.9 Å². The van der Waals surface area contributed by atoms with Gasteiger partial charge < -0.3 is 19.3 Å². The average Bonchev–Trinajstić information content (AvgIpc) is 3.12. The predicted octanol–water partition coefficient (Wildman–Crippen LogP) is 4.75. The van der Waals surface area contributed by atoms with Crippen molar-refractivity contribution in [2.75, 3.05) is 6.61 Å². The molecule has 4 nitrogen and oxygen atoms in total. The molecule has 162 valence electrons. The van der Waals surface area contributed by atoms with Crippen LogP contribution in [0.15, 0.2) is 91.0 Å². The first-order chi connectivity index (χ1) is 15.3. The number of aliphatic hydroxyl groups excluding tert-OH is 1. The molecule has 0 radical (unpaired) electrons. The summed E-state index contributed by atoms with van der Waals surface area (Å²) in [4.78, 5) is 0. The fourth-order valence-corrected chi connectivity index (χ4v) is 4.10. The number of hydrogen-bond acceptors (Lipinski definition) is 4. The fourth-order valence-electron chi connectivity index (χ4n) is 4.10. The quantitative estimate of drug-likeness (QED) is 0.516. The second-order valence-corrected chi connectivity index (χ2v) is 8.09. The van der Waals surface area contributed by atoms with Gasteiger partial charge in [-0.1, -0.05) is 91.0 Å². The zero-order valence-electron chi connectivity index (χ0n) is 17.7. The second-order valence-electron chi connectivity index (χ2n) is 8.09. The summed E-state index contributed by atoms with van der Waals surface area (Å²) in [5.74, 6) is 0.0724. The van der Waals surface area contributed by atoms with E-state index in [1.165, 1.54) is 0 Å². The van der Waals surface area contributed by atoms with Crippen LogP contribution >= 0.6 is 0 Å². The van der Waals surface area contributed by atoms with Crippen molar-refractivity contribution in [1.29, 1.82) is 0 Å². The van der Waals surface area contributed by atoms with Crippen molar-refractivity contribution in [3.63, 3.8) is 0 Å². The number of hydrogen-bond donors (Lipinski definition) is 1. The Morgan fingerprint density at radius 2 is 1.06 bits per heavy atom. The summed E-state index contributed by atoms with van der Waals surface area (Å²) < 4.78 is 18.5. The van der Waals surface area contributed by atoms with Crippen molar-refractivity contribution in [2.24, 2.45) is 5.92 Å². The van der Waals surface area contributed by atoms with Crippen LogP contribution in [0.3, 0.4) is 0 Å². The van der Waals surface area contributed by atoms with E-state index in [-0.39, 0.29) is 18.1 Å². The Bertz CT molecular complexity index is 885. The van der Waals surface area contributed by atoms with Gasteiger partial charge in [0.2, 0.25) is 0 Å². The van der Waals surface area contributed by atoms with Gasteiger partial charge in [-0.3, -0.25) is 0 Å². The maximum atomic E-state index is 10.8. The summed E-state index contributed by atoms with van der Waals surface area (Å²) in [6, 6.07) is 30.3. The zero-order chi connectivity index (χ0) is 21.3. The Morgan fingerprint density at radius 1 is 0.613 bits per heavy atom. The molecule has 0 spiro atoms. The second kappa shape index (κ2) is 11.2. The summed E-state index contributed by atoms with van der Waals surface area (Å²) in [5.41, 5.74) is 3.33. The lowest BCUT2D eigenvalue weighted by atomic mass is 10.1. The lowest BCUT2D eigenvalue weighted by Crippen LogP contribution is -2.37. The highest BCUT2D eigenvalue weighted by atomic mass is 16.6. The minimum Gasteiger partial charge on any atom is -0.390 e. The predicted molar refractivity (Wildman–Crippen MR) is 120 cm³/mol. The largest absolute Gasteiger partial charge is 0.390 e. The highest BCUT2D eigenvalue weighted by Crippen LogP contribution is 2.33. The first-order valence-corrected chi connectivity index (χ1v) is 10.9. The van der Waals surface area contributed by atoms with Crippen molar-refractivity contribution < 1.29 is 19.3 Å². The first-order valence-electron chi connectivity index (χ1n) is 10.9. The topological polar surface area (TPSA) is 47.9 Å². The fraction of sp³-hybridized carbons (Fsp3) is 0.333. The Labute approximate surface area is 184 Å². The van der Waals surface area contributed by atoms with E-state index >= 15 is 0 Å². The molecule has 1 aliphatic rings. The molecule has 1 N–H and O–H groups in total. The maximum Gasteiger partial charge on any atom is 0.110 e. The monoisotopic (exact) mass is 418 g/mol. The summed E-state index contributed by atoms with van der Waals surface area (Å²) in [5, 5.41) is 10.8. The van der Waals surface area contributed by atoms with Crippen LogP contribution < -0.4 is 0 Å². The van der Waals surface area contributed by atoms with E-state index in [0.717, 1.165) is 16.7 Å². The van der Waals surface area contributed by atoms with Gasteiger partial charge in [0, 0.05) is 5.92 Å². The van der Waals surface area contributed by atoms with Gasteiger partial charge in [-0.25, -0.2) is 0 Å². The Hall–Kier alpha value is -2.50. The molecule has 3 aromatic rings. The molecule has 1 fully saturated rings. The van der Waals surface area contributed by atoms with Gasteiger partial charge in [0.15, 0.2) is 0 Å². The maximum absolute atomic E-state index is 10.8. The van der Waals surface area contributed by atoms with E-state index in [1.54, 1.807) is 0 Å². The number of rotatable bonds is 10. The van der Waals surface area contributed by atoms with E-state index in [4.69, 9.17) is 14.2 Å². The number of benzene rings is 3. The molecule has 3 aromatic carbocycles. The van der Waals surface area contributed by atoms with Crippen LogP contribution in [0.1, 0.15) is 23.1 Å². The Morgan fingerprint density at radius 3 is 1.58 bits per heavy atom. The molecule has 0 aromatic heterocycles. The number of aliphatic hydroxyl groups is 1. The molecule has 0 aliphatic heterocycles. The van der Waals surface area contributed by atoms with Crippen LogP contribution in [0, 0.1) is 5.92 Å². The summed E-state index contributed by atoms with van der Waals surface area (Å²) >= 11 is 0. The highest BCUT2D eigenvalue weighted by Gasteiger charge is 2.44. The smallest absolute Gasteiger partial charge is 0.110 e. The van der Waals surface area contributed by atoms with Crippen molar-refractivity contribution >= 4 is 0 Å². The van der Waals surface area contributed by atoms with Crippen molar-refractivity contribution in [2.45, 2.75) is 44.6 Å². The molecule has 1 aliphatic carbocycles. The van der Waals surface area contributed by atoms with Crippen molar-refractivity contribution in [1.82, 2.24) is 0 Å².